The van der Waals surface area contributed by atoms with Crippen LogP contribution in [0, 0.1) is 5.41 Å². The summed E-state index contributed by atoms with van der Waals surface area (Å²) in [6.45, 7) is 5.09. The van der Waals surface area contributed by atoms with Gasteiger partial charge in [-0.3, -0.25) is 5.41 Å². The third kappa shape index (κ3) is 4.87. The fourth-order valence-electron chi connectivity index (χ4n) is 2.14. The van der Waals surface area contributed by atoms with Crippen LogP contribution in [0.5, 0.6) is 5.88 Å². The topological polar surface area (TPSA) is 110 Å². The van der Waals surface area contributed by atoms with Gasteiger partial charge in [0.2, 0.25) is 5.88 Å². The number of likely N-dealkylation sites (N-methyl/N-ethyl adjacent to an activating group) is 1. The maximum Gasteiger partial charge on any atom is 0.214 e. The van der Waals surface area contributed by atoms with Crippen LogP contribution in [-0.4, -0.2) is 54.1 Å². The van der Waals surface area contributed by atoms with Crippen molar-refractivity contribution in [2.75, 3.05) is 37.9 Å². The smallest absolute Gasteiger partial charge is 0.214 e. The van der Waals surface area contributed by atoms with Crippen LogP contribution in [-0.2, 0) is 4.74 Å². The molecular weight excluding hydrogens is 320 g/mol. The fourth-order valence-corrected chi connectivity index (χ4v) is 2.14. The van der Waals surface area contributed by atoms with Crippen LogP contribution in [0.2, 0.25) is 0 Å². The van der Waals surface area contributed by atoms with E-state index in [0.717, 1.165) is 0 Å². The molecule has 0 radical (unpaired) electrons. The summed E-state index contributed by atoms with van der Waals surface area (Å²) < 4.78 is 10.7. The van der Waals surface area contributed by atoms with Gasteiger partial charge < -0.3 is 20.1 Å². The van der Waals surface area contributed by atoms with E-state index in [1.54, 1.807) is 19.2 Å². The number of ether oxygens (including phenoxy) is 2. The molecule has 0 bridgehead atoms. The minimum atomic E-state index is -0.0155. The van der Waals surface area contributed by atoms with Gasteiger partial charge in [0.1, 0.15) is 12.1 Å². The number of nitrogens with one attached hydrogen (secondary N) is 1. The van der Waals surface area contributed by atoms with Gasteiger partial charge in [-0.15, -0.1) is 0 Å². The van der Waals surface area contributed by atoms with Gasteiger partial charge in [-0.1, -0.05) is 0 Å². The molecule has 134 valence electrons. The fraction of sp³-hybridized carbons (Fsp3) is 0.412. The molecule has 0 aliphatic carbocycles. The van der Waals surface area contributed by atoms with E-state index < -0.39 is 0 Å². The van der Waals surface area contributed by atoms with Crippen LogP contribution >= 0.6 is 0 Å². The predicted octanol–water partition coefficient (Wildman–Crippen LogP) is 1.74. The van der Waals surface area contributed by atoms with E-state index in [4.69, 9.17) is 20.6 Å². The van der Waals surface area contributed by atoms with Gasteiger partial charge in [-0.2, -0.15) is 0 Å². The molecule has 0 atom stereocenters. The Kier molecular flexibility index (Phi) is 6.24. The number of nitrogens with zero attached hydrogens (tertiary/aromatic N) is 4. The zero-order valence-electron chi connectivity index (χ0n) is 15.0. The Bertz CT molecular complexity index is 735. The van der Waals surface area contributed by atoms with Crippen molar-refractivity contribution in [2.45, 2.75) is 20.0 Å². The summed E-state index contributed by atoms with van der Waals surface area (Å²) in [5.41, 5.74) is 7.58. The minimum absolute atomic E-state index is 0.0155. The van der Waals surface area contributed by atoms with E-state index in [1.807, 2.05) is 25.8 Å². The Hall–Kier alpha value is -2.74. The molecule has 0 aliphatic rings. The molecule has 0 saturated carbocycles. The Labute approximate surface area is 147 Å². The first-order chi connectivity index (χ1) is 11.9. The van der Waals surface area contributed by atoms with Crippen molar-refractivity contribution >= 4 is 17.2 Å². The molecule has 0 amide bonds. The third-order valence-corrected chi connectivity index (χ3v) is 3.47. The normalized spacial score (nSPS) is 10.8. The van der Waals surface area contributed by atoms with Gasteiger partial charge in [0.05, 0.1) is 36.0 Å². The first-order valence-electron chi connectivity index (χ1n) is 7.96. The van der Waals surface area contributed by atoms with Crippen LogP contribution in [0.4, 0.5) is 11.5 Å². The van der Waals surface area contributed by atoms with Crippen LogP contribution in [0.1, 0.15) is 25.1 Å². The van der Waals surface area contributed by atoms with Gasteiger partial charge in [0.15, 0.2) is 0 Å². The molecule has 0 spiro atoms. The molecule has 8 nitrogen and oxygen atoms in total. The van der Waals surface area contributed by atoms with Gasteiger partial charge in [-0.25, -0.2) is 15.0 Å². The average Bonchev–Trinajstić information content (AvgIpc) is 2.60. The molecule has 8 heteroatoms. The van der Waals surface area contributed by atoms with Crippen molar-refractivity contribution < 1.29 is 9.47 Å². The zero-order chi connectivity index (χ0) is 18.4. The summed E-state index contributed by atoms with van der Waals surface area (Å²) in [4.78, 5) is 14.5. The number of hydrogen-bond donors (Lipinski definition) is 2. The van der Waals surface area contributed by atoms with Crippen molar-refractivity contribution in [2.24, 2.45) is 0 Å². The second-order valence-corrected chi connectivity index (χ2v) is 5.83. The van der Waals surface area contributed by atoms with Crippen LogP contribution < -0.4 is 15.4 Å². The Morgan fingerprint density at radius 2 is 2.04 bits per heavy atom. The second-order valence-electron chi connectivity index (χ2n) is 5.83. The summed E-state index contributed by atoms with van der Waals surface area (Å²) in [5, 5.41) is 8.47. The third-order valence-electron chi connectivity index (χ3n) is 3.47. The largest absolute Gasteiger partial charge is 0.475 e. The highest BCUT2D eigenvalue weighted by Crippen LogP contribution is 2.21. The molecule has 0 aliphatic heterocycles. The molecule has 2 aromatic rings. The van der Waals surface area contributed by atoms with Crippen molar-refractivity contribution in [3.63, 3.8) is 0 Å². The van der Waals surface area contributed by atoms with E-state index >= 15 is 0 Å². The molecule has 0 saturated heterocycles. The first-order valence-corrected chi connectivity index (χ1v) is 7.96. The van der Waals surface area contributed by atoms with Gasteiger partial charge in [0, 0.05) is 38.4 Å². The Morgan fingerprint density at radius 3 is 2.72 bits per heavy atom. The maximum atomic E-state index is 8.47. The molecule has 2 rings (SSSR count). The standard InChI is InChI=1S/C17H24N6O2/c1-11(2)25-16-7-12(13(18)9-20-16)17(19)14-8-15(22-10-21-14)23(3)5-6-24-4/h7-11,19H,5-6,18H2,1-4H3. The number of pyridine rings is 1. The zero-order valence-corrected chi connectivity index (χ0v) is 15.0. The molecule has 2 heterocycles. The summed E-state index contributed by atoms with van der Waals surface area (Å²) in [7, 11) is 3.56. The summed E-state index contributed by atoms with van der Waals surface area (Å²) in [5.74, 6) is 1.13. The number of nitrogens with two attached hydrogens (primary N) is 1. The van der Waals surface area contributed by atoms with Crippen LogP contribution in [0.15, 0.2) is 24.7 Å². The molecule has 0 aromatic carbocycles. The molecule has 0 fully saturated rings. The monoisotopic (exact) mass is 344 g/mol. The molecule has 3 N–H and O–H groups in total. The van der Waals surface area contributed by atoms with Gasteiger partial charge >= 0.3 is 0 Å². The number of anilines is 2. The number of hydrogen-bond acceptors (Lipinski definition) is 8. The van der Waals surface area contributed by atoms with Crippen molar-refractivity contribution in [3.8, 4) is 5.88 Å². The van der Waals surface area contributed by atoms with E-state index in [2.05, 4.69) is 15.0 Å². The maximum absolute atomic E-state index is 8.47. The highest BCUT2D eigenvalue weighted by Gasteiger charge is 2.14. The van der Waals surface area contributed by atoms with E-state index in [0.29, 0.717) is 41.8 Å². The average molecular weight is 344 g/mol. The lowest BCUT2D eigenvalue weighted by molar-refractivity contribution is 0.206. The van der Waals surface area contributed by atoms with E-state index in [-0.39, 0.29) is 11.8 Å². The summed E-state index contributed by atoms with van der Waals surface area (Å²) in [6.07, 6.45) is 2.91. The predicted molar refractivity (Wildman–Crippen MR) is 97.5 cm³/mol. The van der Waals surface area contributed by atoms with E-state index in [9.17, 15) is 0 Å². The number of aromatic nitrogens is 3. The number of methoxy groups -OCH3 is 1. The van der Waals surface area contributed by atoms with Gasteiger partial charge in [0.25, 0.3) is 0 Å². The molecule has 25 heavy (non-hydrogen) atoms. The van der Waals surface area contributed by atoms with E-state index in [1.165, 1.54) is 12.5 Å². The first kappa shape index (κ1) is 18.6. The second kappa shape index (κ2) is 8.39. The Morgan fingerprint density at radius 1 is 1.28 bits per heavy atom. The van der Waals surface area contributed by atoms with Crippen molar-refractivity contribution in [1.82, 2.24) is 15.0 Å². The van der Waals surface area contributed by atoms with Crippen molar-refractivity contribution in [1.29, 1.82) is 5.41 Å². The van der Waals surface area contributed by atoms with Gasteiger partial charge in [-0.05, 0) is 13.8 Å². The molecule has 0 unspecified atom stereocenters. The summed E-state index contributed by atoms with van der Waals surface area (Å²) >= 11 is 0. The number of rotatable bonds is 8. The summed E-state index contributed by atoms with van der Waals surface area (Å²) in [6, 6.07) is 3.41. The molecular formula is C17H24N6O2. The number of nitrogen functional groups attached to an aromatic ring is 1. The van der Waals surface area contributed by atoms with Crippen LogP contribution in [0.25, 0.3) is 0 Å². The van der Waals surface area contributed by atoms with Crippen molar-refractivity contribution in [3.05, 3.63) is 35.9 Å². The highest BCUT2D eigenvalue weighted by atomic mass is 16.5. The highest BCUT2D eigenvalue weighted by molar-refractivity contribution is 6.13. The lowest BCUT2D eigenvalue weighted by Gasteiger charge is -2.18. The van der Waals surface area contributed by atoms with Crippen LogP contribution in [0.3, 0.4) is 0 Å². The Balaban J connectivity index is 2.28. The SMILES string of the molecule is COCCN(C)c1cc(C(=N)c2cc(OC(C)C)ncc2N)ncn1. The minimum Gasteiger partial charge on any atom is -0.475 e. The quantitative estimate of drug-likeness (QED) is 0.702. The lowest BCUT2D eigenvalue weighted by Crippen LogP contribution is -2.23. The lowest BCUT2D eigenvalue weighted by atomic mass is 10.1. The molecule has 2 aromatic heterocycles.